The van der Waals surface area contributed by atoms with Gasteiger partial charge in [0.25, 0.3) is 0 Å². The maximum absolute atomic E-state index is 12.5. The van der Waals surface area contributed by atoms with E-state index in [0.717, 1.165) is 42.7 Å². The van der Waals surface area contributed by atoms with E-state index >= 15 is 0 Å². The lowest BCUT2D eigenvalue weighted by molar-refractivity contribution is -0.137. The summed E-state index contributed by atoms with van der Waals surface area (Å²) in [6.45, 7) is 2.24. The number of benzene rings is 2. The predicted octanol–water partition coefficient (Wildman–Crippen LogP) is 5.27. The van der Waals surface area contributed by atoms with Crippen LogP contribution in [0.1, 0.15) is 40.7 Å². The zero-order valence-corrected chi connectivity index (χ0v) is 13.4. The Balaban J connectivity index is 1.69. The van der Waals surface area contributed by atoms with Crippen molar-refractivity contribution in [3.63, 3.8) is 0 Å². The summed E-state index contributed by atoms with van der Waals surface area (Å²) in [6.07, 6.45) is -1.40. The number of hydrogen-bond donors (Lipinski definition) is 0. The molecule has 2 aromatic carbocycles. The van der Waals surface area contributed by atoms with Crippen LogP contribution in [0.3, 0.4) is 0 Å². The molecule has 1 aliphatic carbocycles. The first-order chi connectivity index (χ1) is 11.4. The molecule has 0 saturated carbocycles. The van der Waals surface area contributed by atoms with Crippen molar-refractivity contribution >= 4 is 5.71 Å². The van der Waals surface area contributed by atoms with Gasteiger partial charge in [-0.1, -0.05) is 35.5 Å². The molecule has 0 aromatic heterocycles. The molecule has 0 heterocycles. The Morgan fingerprint density at radius 1 is 1.04 bits per heavy atom. The first kappa shape index (κ1) is 16.6. The molecule has 0 fully saturated rings. The van der Waals surface area contributed by atoms with E-state index in [9.17, 15) is 13.2 Å². The van der Waals surface area contributed by atoms with E-state index in [1.165, 1.54) is 23.3 Å². The Morgan fingerprint density at radius 3 is 2.50 bits per heavy atom. The molecule has 3 rings (SSSR count). The molecule has 0 bridgehead atoms. The van der Waals surface area contributed by atoms with Gasteiger partial charge in [0.15, 0.2) is 0 Å². The van der Waals surface area contributed by atoms with Crippen LogP contribution in [0.4, 0.5) is 13.2 Å². The topological polar surface area (TPSA) is 21.6 Å². The minimum absolute atomic E-state index is 0.156. The van der Waals surface area contributed by atoms with Gasteiger partial charge in [-0.25, -0.2) is 0 Å². The summed E-state index contributed by atoms with van der Waals surface area (Å²) in [5, 5.41) is 4.23. The molecule has 24 heavy (non-hydrogen) atoms. The first-order valence-electron chi connectivity index (χ1n) is 7.89. The summed E-state index contributed by atoms with van der Waals surface area (Å²) in [6, 6.07) is 11.1. The Morgan fingerprint density at radius 2 is 1.79 bits per heavy atom. The molecule has 2 nitrogen and oxygen atoms in total. The summed E-state index contributed by atoms with van der Waals surface area (Å²) >= 11 is 0. The van der Waals surface area contributed by atoms with Crippen molar-refractivity contribution in [1.82, 2.24) is 0 Å². The van der Waals surface area contributed by atoms with Gasteiger partial charge in [0, 0.05) is 5.56 Å². The summed E-state index contributed by atoms with van der Waals surface area (Å²) in [4.78, 5) is 5.39. The number of rotatable bonds is 3. The van der Waals surface area contributed by atoms with E-state index in [1.807, 2.05) is 12.1 Å². The molecule has 0 unspecified atom stereocenters. The van der Waals surface area contributed by atoms with Crippen molar-refractivity contribution in [3.8, 4) is 0 Å². The van der Waals surface area contributed by atoms with Crippen molar-refractivity contribution in [2.24, 2.45) is 5.16 Å². The van der Waals surface area contributed by atoms with Gasteiger partial charge >= 0.3 is 6.18 Å². The van der Waals surface area contributed by atoms with Crippen molar-refractivity contribution < 1.29 is 18.0 Å². The number of fused-ring (bicyclic) bond motifs is 1. The van der Waals surface area contributed by atoms with Crippen molar-refractivity contribution in [3.05, 3.63) is 70.3 Å². The number of oxime groups is 1. The standard InChI is InChI=1S/C19H18F3NO/c1-13-4-2-6-17-16(13)5-3-7-18(17)23-24-12-14-8-10-15(11-9-14)19(20,21)22/h2,4,6,8-11H,3,5,7,12H2,1H3. The van der Waals surface area contributed by atoms with Crippen LogP contribution in [0.15, 0.2) is 47.6 Å². The summed E-state index contributed by atoms with van der Waals surface area (Å²) in [5.74, 6) is 0. The molecular weight excluding hydrogens is 315 g/mol. The van der Waals surface area contributed by atoms with Gasteiger partial charge in [0.1, 0.15) is 6.61 Å². The van der Waals surface area contributed by atoms with Gasteiger partial charge in [-0.3, -0.25) is 0 Å². The SMILES string of the molecule is Cc1cccc2c1CCCC2=NOCc1ccc(C(F)(F)F)cc1. The monoisotopic (exact) mass is 333 g/mol. The zero-order chi connectivity index (χ0) is 17.2. The summed E-state index contributed by atoms with van der Waals surface area (Å²) in [5.41, 5.74) is 4.59. The van der Waals surface area contributed by atoms with Crippen LogP contribution in [-0.4, -0.2) is 5.71 Å². The number of nitrogens with zero attached hydrogens (tertiary/aromatic N) is 1. The minimum atomic E-state index is -4.32. The van der Waals surface area contributed by atoms with E-state index in [2.05, 4.69) is 18.1 Å². The highest BCUT2D eigenvalue weighted by Gasteiger charge is 2.29. The van der Waals surface area contributed by atoms with Crippen LogP contribution in [0.2, 0.25) is 0 Å². The fourth-order valence-corrected chi connectivity index (χ4v) is 2.94. The van der Waals surface area contributed by atoms with E-state index in [0.29, 0.717) is 5.56 Å². The Hall–Kier alpha value is -2.30. The molecule has 0 N–H and O–H groups in total. The highest BCUT2D eigenvalue weighted by molar-refractivity contribution is 6.02. The number of alkyl halides is 3. The molecular formula is C19H18F3NO. The number of hydrogen-bond acceptors (Lipinski definition) is 2. The molecule has 5 heteroatoms. The fourth-order valence-electron chi connectivity index (χ4n) is 2.94. The van der Waals surface area contributed by atoms with Crippen LogP contribution in [-0.2, 0) is 24.0 Å². The van der Waals surface area contributed by atoms with Gasteiger partial charge in [-0.2, -0.15) is 13.2 Å². The van der Waals surface area contributed by atoms with Crippen LogP contribution in [0, 0.1) is 6.92 Å². The lowest BCUT2D eigenvalue weighted by Crippen LogP contribution is -2.13. The second-order valence-electron chi connectivity index (χ2n) is 5.96. The highest BCUT2D eigenvalue weighted by Crippen LogP contribution is 2.29. The average molecular weight is 333 g/mol. The van der Waals surface area contributed by atoms with Crippen LogP contribution >= 0.6 is 0 Å². The van der Waals surface area contributed by atoms with Crippen LogP contribution in [0.5, 0.6) is 0 Å². The number of aryl methyl sites for hydroxylation is 1. The Labute approximate surface area is 138 Å². The third kappa shape index (κ3) is 3.61. The lowest BCUT2D eigenvalue weighted by atomic mass is 9.87. The molecule has 126 valence electrons. The van der Waals surface area contributed by atoms with Gasteiger partial charge in [0.05, 0.1) is 11.3 Å². The van der Waals surface area contributed by atoms with Gasteiger partial charge in [0.2, 0.25) is 0 Å². The maximum atomic E-state index is 12.5. The largest absolute Gasteiger partial charge is 0.416 e. The second kappa shape index (κ2) is 6.67. The zero-order valence-electron chi connectivity index (χ0n) is 13.4. The van der Waals surface area contributed by atoms with Crippen LogP contribution in [0.25, 0.3) is 0 Å². The third-order valence-corrected chi connectivity index (χ3v) is 4.25. The molecule has 0 saturated heterocycles. The van der Waals surface area contributed by atoms with Crippen molar-refractivity contribution in [2.45, 2.75) is 39.0 Å². The van der Waals surface area contributed by atoms with Gasteiger partial charge in [-0.15, -0.1) is 0 Å². The lowest BCUT2D eigenvalue weighted by Gasteiger charge is -2.19. The first-order valence-corrected chi connectivity index (χ1v) is 7.89. The quantitative estimate of drug-likeness (QED) is 0.701. The Bertz CT molecular complexity index is 748. The maximum Gasteiger partial charge on any atom is 0.416 e. The third-order valence-electron chi connectivity index (χ3n) is 4.25. The summed E-state index contributed by atoms with van der Waals surface area (Å²) < 4.78 is 37.6. The molecule has 0 aliphatic heterocycles. The van der Waals surface area contributed by atoms with Gasteiger partial charge in [-0.05, 0) is 55.0 Å². The highest BCUT2D eigenvalue weighted by atomic mass is 19.4. The molecule has 0 amide bonds. The molecule has 2 aromatic rings. The predicted molar refractivity (Wildman–Crippen MR) is 86.9 cm³/mol. The van der Waals surface area contributed by atoms with Crippen LogP contribution < -0.4 is 0 Å². The second-order valence-corrected chi connectivity index (χ2v) is 5.96. The molecule has 1 aliphatic rings. The smallest absolute Gasteiger partial charge is 0.391 e. The van der Waals surface area contributed by atoms with Gasteiger partial charge < -0.3 is 4.84 Å². The molecule has 0 radical (unpaired) electrons. The van der Waals surface area contributed by atoms with Crippen molar-refractivity contribution in [1.29, 1.82) is 0 Å². The molecule has 0 atom stereocenters. The van der Waals surface area contributed by atoms with E-state index in [1.54, 1.807) is 0 Å². The fraction of sp³-hybridized carbons (Fsp3) is 0.316. The van der Waals surface area contributed by atoms with Crippen molar-refractivity contribution in [2.75, 3.05) is 0 Å². The minimum Gasteiger partial charge on any atom is -0.391 e. The van der Waals surface area contributed by atoms with E-state index in [4.69, 9.17) is 4.84 Å². The van der Waals surface area contributed by atoms with E-state index < -0.39 is 11.7 Å². The molecule has 0 spiro atoms. The average Bonchev–Trinajstić information content (AvgIpc) is 2.55. The number of halogens is 3. The van der Waals surface area contributed by atoms with E-state index in [-0.39, 0.29) is 6.61 Å². The Kier molecular flexibility index (Phi) is 4.60. The summed E-state index contributed by atoms with van der Waals surface area (Å²) in [7, 11) is 0. The normalized spacial score (nSPS) is 16.1.